The molecule has 1 aliphatic rings. The standard InChI is InChI=1S/C8H15NO4/c1-5(10)9-6-4-13-8(11)3-7(6)12-2/h6-8,11H,3-4H2,1-2H3,(H,9,10)/t6-,7-,8+/m0/s1. The summed E-state index contributed by atoms with van der Waals surface area (Å²) in [5.74, 6) is -0.118. The van der Waals surface area contributed by atoms with Crippen LogP contribution in [0.2, 0.25) is 0 Å². The van der Waals surface area contributed by atoms with Crippen molar-refractivity contribution in [3.05, 3.63) is 0 Å². The van der Waals surface area contributed by atoms with Crippen LogP contribution < -0.4 is 5.32 Å². The van der Waals surface area contributed by atoms with E-state index in [1.165, 1.54) is 6.92 Å². The van der Waals surface area contributed by atoms with E-state index in [1.807, 2.05) is 0 Å². The molecule has 0 aliphatic carbocycles. The van der Waals surface area contributed by atoms with Gasteiger partial charge in [0.25, 0.3) is 0 Å². The van der Waals surface area contributed by atoms with Crippen LogP contribution in [0.3, 0.4) is 0 Å². The molecular formula is C8H15NO4. The van der Waals surface area contributed by atoms with Gasteiger partial charge in [-0.1, -0.05) is 0 Å². The zero-order chi connectivity index (χ0) is 9.84. The second-order valence-electron chi connectivity index (χ2n) is 3.10. The molecule has 0 aromatic rings. The molecule has 0 unspecified atom stereocenters. The molecule has 1 heterocycles. The average Bonchev–Trinajstić information content (AvgIpc) is 2.07. The Balaban J connectivity index is 2.47. The largest absolute Gasteiger partial charge is 0.379 e. The molecule has 0 bridgehead atoms. The molecule has 1 rings (SSSR count). The lowest BCUT2D eigenvalue weighted by molar-refractivity contribution is -0.172. The highest BCUT2D eigenvalue weighted by Gasteiger charge is 2.30. The molecule has 0 radical (unpaired) electrons. The van der Waals surface area contributed by atoms with Crippen molar-refractivity contribution in [2.24, 2.45) is 0 Å². The van der Waals surface area contributed by atoms with E-state index >= 15 is 0 Å². The lowest BCUT2D eigenvalue weighted by Gasteiger charge is -2.33. The van der Waals surface area contributed by atoms with Crippen LogP contribution in [0.4, 0.5) is 0 Å². The van der Waals surface area contributed by atoms with Crippen LogP contribution in [-0.4, -0.2) is 43.2 Å². The molecule has 1 amide bonds. The van der Waals surface area contributed by atoms with E-state index in [-0.39, 0.29) is 18.1 Å². The number of carbonyl (C=O) groups is 1. The summed E-state index contributed by atoms with van der Waals surface area (Å²) >= 11 is 0. The second kappa shape index (κ2) is 4.55. The third kappa shape index (κ3) is 2.95. The Bertz CT molecular complexity index is 185. The van der Waals surface area contributed by atoms with Gasteiger partial charge in [-0.2, -0.15) is 0 Å². The van der Waals surface area contributed by atoms with E-state index in [0.29, 0.717) is 13.0 Å². The third-order valence-electron chi connectivity index (χ3n) is 2.04. The number of methoxy groups -OCH3 is 1. The number of nitrogens with one attached hydrogen (secondary N) is 1. The molecule has 0 aromatic carbocycles. The average molecular weight is 189 g/mol. The molecule has 1 fully saturated rings. The minimum absolute atomic E-state index is 0.118. The number of hydrogen-bond donors (Lipinski definition) is 2. The first-order valence-corrected chi connectivity index (χ1v) is 4.23. The van der Waals surface area contributed by atoms with Gasteiger partial charge in [0.1, 0.15) is 0 Å². The molecule has 5 heteroatoms. The fraction of sp³-hybridized carbons (Fsp3) is 0.875. The highest BCUT2D eigenvalue weighted by molar-refractivity contribution is 5.73. The van der Waals surface area contributed by atoms with Crippen molar-refractivity contribution < 1.29 is 19.4 Å². The van der Waals surface area contributed by atoms with E-state index < -0.39 is 6.29 Å². The van der Waals surface area contributed by atoms with Gasteiger partial charge in [-0.05, 0) is 0 Å². The number of carbonyl (C=O) groups excluding carboxylic acids is 1. The molecule has 13 heavy (non-hydrogen) atoms. The fourth-order valence-electron chi connectivity index (χ4n) is 1.41. The Kier molecular flexibility index (Phi) is 3.65. The molecule has 2 N–H and O–H groups in total. The topological polar surface area (TPSA) is 67.8 Å². The SMILES string of the molecule is CO[C@H]1C[C@H](O)OC[C@@H]1NC(C)=O. The van der Waals surface area contributed by atoms with Crippen molar-refractivity contribution in [3.8, 4) is 0 Å². The number of amides is 1. The summed E-state index contributed by atoms with van der Waals surface area (Å²) in [6, 6.07) is -0.161. The first-order valence-electron chi connectivity index (χ1n) is 4.23. The van der Waals surface area contributed by atoms with Gasteiger partial charge < -0.3 is 19.9 Å². The monoisotopic (exact) mass is 189 g/mol. The molecule has 5 nitrogen and oxygen atoms in total. The van der Waals surface area contributed by atoms with Crippen LogP contribution in [0.15, 0.2) is 0 Å². The van der Waals surface area contributed by atoms with E-state index in [9.17, 15) is 4.79 Å². The van der Waals surface area contributed by atoms with Crippen LogP contribution in [0, 0.1) is 0 Å². The van der Waals surface area contributed by atoms with Gasteiger partial charge in [-0.3, -0.25) is 4.79 Å². The predicted octanol–water partition coefficient (Wildman–Crippen LogP) is -0.755. The van der Waals surface area contributed by atoms with Crippen molar-refractivity contribution in [2.45, 2.75) is 31.8 Å². The molecule has 0 aromatic heterocycles. The Morgan fingerprint density at radius 2 is 2.38 bits per heavy atom. The molecule has 3 atom stereocenters. The van der Waals surface area contributed by atoms with Crippen molar-refractivity contribution in [2.75, 3.05) is 13.7 Å². The smallest absolute Gasteiger partial charge is 0.217 e. The number of aliphatic hydroxyl groups is 1. The lowest BCUT2D eigenvalue weighted by Crippen LogP contribution is -2.51. The van der Waals surface area contributed by atoms with Gasteiger partial charge in [0, 0.05) is 20.5 Å². The first kappa shape index (κ1) is 10.4. The Hall–Kier alpha value is -0.650. The van der Waals surface area contributed by atoms with E-state index in [4.69, 9.17) is 14.6 Å². The summed E-state index contributed by atoms with van der Waals surface area (Å²) < 4.78 is 10.1. The van der Waals surface area contributed by atoms with Crippen LogP contribution in [0.25, 0.3) is 0 Å². The lowest BCUT2D eigenvalue weighted by atomic mass is 10.1. The highest BCUT2D eigenvalue weighted by Crippen LogP contribution is 2.15. The summed E-state index contributed by atoms with van der Waals surface area (Å²) in [6.45, 7) is 1.73. The zero-order valence-electron chi connectivity index (χ0n) is 7.82. The molecular weight excluding hydrogens is 174 g/mol. The Labute approximate surface area is 77.0 Å². The molecule has 1 aliphatic heterocycles. The number of rotatable bonds is 2. The quantitative estimate of drug-likeness (QED) is 0.599. The van der Waals surface area contributed by atoms with Crippen LogP contribution in [-0.2, 0) is 14.3 Å². The van der Waals surface area contributed by atoms with Gasteiger partial charge in [-0.15, -0.1) is 0 Å². The number of ether oxygens (including phenoxy) is 2. The van der Waals surface area contributed by atoms with Gasteiger partial charge >= 0.3 is 0 Å². The first-order chi connectivity index (χ1) is 6.13. The summed E-state index contributed by atoms with van der Waals surface area (Å²) in [6.07, 6.45) is -0.566. The fourth-order valence-corrected chi connectivity index (χ4v) is 1.41. The molecule has 0 spiro atoms. The Morgan fingerprint density at radius 1 is 1.69 bits per heavy atom. The van der Waals surface area contributed by atoms with Crippen molar-refractivity contribution in [1.29, 1.82) is 0 Å². The van der Waals surface area contributed by atoms with E-state index in [0.717, 1.165) is 0 Å². The zero-order valence-corrected chi connectivity index (χ0v) is 7.82. The second-order valence-corrected chi connectivity index (χ2v) is 3.10. The van der Waals surface area contributed by atoms with Crippen molar-refractivity contribution in [1.82, 2.24) is 5.32 Å². The minimum atomic E-state index is -0.782. The van der Waals surface area contributed by atoms with Gasteiger partial charge in [0.05, 0.1) is 18.8 Å². The normalized spacial score (nSPS) is 34.2. The summed E-state index contributed by atoms with van der Waals surface area (Å²) in [5, 5.41) is 11.9. The maximum absolute atomic E-state index is 10.8. The van der Waals surface area contributed by atoms with Gasteiger partial charge in [0.2, 0.25) is 5.91 Å². The summed E-state index contributed by atoms with van der Waals surface area (Å²) in [5.41, 5.74) is 0. The van der Waals surface area contributed by atoms with Crippen LogP contribution in [0.1, 0.15) is 13.3 Å². The maximum Gasteiger partial charge on any atom is 0.217 e. The van der Waals surface area contributed by atoms with Crippen molar-refractivity contribution >= 4 is 5.91 Å². The van der Waals surface area contributed by atoms with Crippen LogP contribution >= 0.6 is 0 Å². The van der Waals surface area contributed by atoms with Crippen LogP contribution in [0.5, 0.6) is 0 Å². The number of aliphatic hydroxyl groups excluding tert-OH is 1. The number of hydrogen-bond acceptors (Lipinski definition) is 4. The minimum Gasteiger partial charge on any atom is -0.379 e. The van der Waals surface area contributed by atoms with E-state index in [2.05, 4.69) is 5.32 Å². The molecule has 0 saturated carbocycles. The Morgan fingerprint density at radius 3 is 2.92 bits per heavy atom. The summed E-state index contributed by atoms with van der Waals surface area (Å²) in [4.78, 5) is 10.8. The highest BCUT2D eigenvalue weighted by atomic mass is 16.6. The molecule has 1 saturated heterocycles. The van der Waals surface area contributed by atoms with Gasteiger partial charge in [-0.25, -0.2) is 0 Å². The van der Waals surface area contributed by atoms with Crippen molar-refractivity contribution in [3.63, 3.8) is 0 Å². The molecule has 76 valence electrons. The maximum atomic E-state index is 10.8. The predicted molar refractivity (Wildman–Crippen MR) is 45.0 cm³/mol. The van der Waals surface area contributed by atoms with E-state index in [1.54, 1.807) is 7.11 Å². The van der Waals surface area contributed by atoms with Gasteiger partial charge in [0.15, 0.2) is 6.29 Å². The summed E-state index contributed by atoms with van der Waals surface area (Å²) in [7, 11) is 1.55. The third-order valence-corrected chi connectivity index (χ3v) is 2.04.